The molecule has 9 heteroatoms. The summed E-state index contributed by atoms with van der Waals surface area (Å²) in [5.74, 6) is -1.60. The van der Waals surface area contributed by atoms with Gasteiger partial charge < -0.3 is 26.0 Å². The first kappa shape index (κ1) is 33.9. The Bertz CT molecular complexity index is 928. The number of amides is 4. The van der Waals surface area contributed by atoms with Crippen molar-refractivity contribution in [3.8, 4) is 0 Å². The van der Waals surface area contributed by atoms with Gasteiger partial charge in [-0.15, -0.1) is 0 Å². The molecule has 0 spiro atoms. The second-order valence-corrected chi connectivity index (χ2v) is 11.1. The number of unbranched alkanes of at least 4 members (excludes halogenated alkanes) is 6. The topological polar surface area (TPSA) is 131 Å². The smallest absolute Gasteiger partial charge is 0.408 e. The van der Waals surface area contributed by atoms with E-state index in [2.05, 4.69) is 17.6 Å². The van der Waals surface area contributed by atoms with Crippen molar-refractivity contribution in [1.82, 2.24) is 15.5 Å². The van der Waals surface area contributed by atoms with E-state index in [0.29, 0.717) is 18.5 Å². The van der Waals surface area contributed by atoms with Crippen LogP contribution in [0.2, 0.25) is 0 Å². The number of carbonyl (C=O) groups excluding carboxylic acids is 4. The second kappa shape index (κ2) is 17.5. The molecule has 0 aliphatic carbocycles. The van der Waals surface area contributed by atoms with Crippen molar-refractivity contribution in [1.29, 1.82) is 0 Å². The van der Waals surface area contributed by atoms with E-state index in [4.69, 9.17) is 10.5 Å². The number of nitrogens with one attached hydrogen (secondary N) is 2. The molecule has 0 saturated heterocycles. The summed E-state index contributed by atoms with van der Waals surface area (Å²) in [6.45, 7) is 12.0. The Morgan fingerprint density at radius 2 is 1.62 bits per heavy atom. The number of rotatable bonds is 17. The number of benzene rings is 1. The molecule has 0 aliphatic rings. The van der Waals surface area contributed by atoms with Crippen LogP contribution in [0.4, 0.5) is 4.79 Å². The minimum atomic E-state index is -1.27. The van der Waals surface area contributed by atoms with Crippen molar-refractivity contribution in [2.45, 2.75) is 117 Å². The summed E-state index contributed by atoms with van der Waals surface area (Å²) in [6, 6.07) is 5.28. The highest BCUT2D eigenvalue weighted by Crippen LogP contribution is 2.25. The summed E-state index contributed by atoms with van der Waals surface area (Å²) < 4.78 is 5.34. The predicted octanol–water partition coefficient (Wildman–Crippen LogP) is 4.91. The van der Waals surface area contributed by atoms with Crippen LogP contribution in [-0.4, -0.2) is 53.4 Å². The molecule has 1 aromatic carbocycles. The Hall–Kier alpha value is -3.10. The van der Waals surface area contributed by atoms with Crippen LogP contribution in [0.1, 0.15) is 110 Å². The standard InChI is InChI=1S/C30H50N4O5/c1-7-9-11-12-13-14-19-34(28(37)24(21-25(31)35)33-29(38)39-30(4,5)6)26(27(36)32-18-10-8-2)23-17-15-16-22(3)20-23/h15-17,20,24,26H,7-14,18-19,21H2,1-6H3,(H2,31,35)(H,32,36)(H,33,38). The molecule has 39 heavy (non-hydrogen) atoms. The lowest BCUT2D eigenvalue weighted by atomic mass is 9.99. The van der Waals surface area contributed by atoms with E-state index in [-0.39, 0.29) is 12.5 Å². The normalized spacial score (nSPS) is 12.8. The minimum absolute atomic E-state index is 0.288. The number of nitrogens with zero attached hydrogens (tertiary/aromatic N) is 1. The minimum Gasteiger partial charge on any atom is -0.444 e. The summed E-state index contributed by atoms with van der Waals surface area (Å²) in [4.78, 5) is 53.7. The van der Waals surface area contributed by atoms with Gasteiger partial charge in [-0.1, -0.05) is 82.2 Å². The van der Waals surface area contributed by atoms with E-state index in [1.807, 2.05) is 38.1 Å². The number of alkyl carbamates (subject to hydrolysis) is 1. The Morgan fingerprint density at radius 3 is 2.21 bits per heavy atom. The van der Waals surface area contributed by atoms with Crippen LogP contribution in [0.15, 0.2) is 24.3 Å². The van der Waals surface area contributed by atoms with Crippen LogP contribution in [-0.2, 0) is 19.1 Å². The molecule has 0 fully saturated rings. The first-order chi connectivity index (χ1) is 18.4. The van der Waals surface area contributed by atoms with Crippen molar-refractivity contribution in [3.05, 3.63) is 35.4 Å². The third-order valence-electron chi connectivity index (χ3n) is 6.18. The Morgan fingerprint density at radius 1 is 0.974 bits per heavy atom. The van der Waals surface area contributed by atoms with Gasteiger partial charge in [-0.2, -0.15) is 0 Å². The van der Waals surface area contributed by atoms with Gasteiger partial charge in [0.15, 0.2) is 0 Å². The lowest BCUT2D eigenvalue weighted by Crippen LogP contribution is -2.54. The first-order valence-electron chi connectivity index (χ1n) is 14.3. The number of aryl methyl sites for hydroxylation is 1. The molecule has 0 saturated carbocycles. The fraction of sp³-hybridized carbons (Fsp3) is 0.667. The largest absolute Gasteiger partial charge is 0.444 e. The molecule has 4 N–H and O–H groups in total. The number of nitrogens with two attached hydrogens (primary N) is 1. The summed E-state index contributed by atoms with van der Waals surface area (Å²) in [6.07, 6.45) is 6.44. The maximum atomic E-state index is 14.0. The zero-order valence-electron chi connectivity index (χ0n) is 24.8. The molecule has 0 aromatic heterocycles. The zero-order chi connectivity index (χ0) is 29.4. The van der Waals surface area contributed by atoms with Crippen molar-refractivity contribution in [2.75, 3.05) is 13.1 Å². The second-order valence-electron chi connectivity index (χ2n) is 11.1. The molecule has 2 unspecified atom stereocenters. The summed E-state index contributed by atoms with van der Waals surface area (Å²) >= 11 is 0. The maximum absolute atomic E-state index is 14.0. The third kappa shape index (κ3) is 13.5. The van der Waals surface area contributed by atoms with Crippen molar-refractivity contribution in [3.63, 3.8) is 0 Å². The van der Waals surface area contributed by atoms with E-state index < -0.39 is 42.0 Å². The molecule has 1 rings (SSSR count). The number of hydrogen-bond donors (Lipinski definition) is 3. The number of carbonyl (C=O) groups is 4. The number of ether oxygens (including phenoxy) is 1. The van der Waals surface area contributed by atoms with Gasteiger partial charge in [0.1, 0.15) is 17.7 Å². The van der Waals surface area contributed by atoms with Gasteiger partial charge in [-0.25, -0.2) is 4.79 Å². The van der Waals surface area contributed by atoms with Crippen molar-refractivity contribution >= 4 is 23.8 Å². The highest BCUT2D eigenvalue weighted by atomic mass is 16.6. The SMILES string of the molecule is CCCCCCCCN(C(=O)C(CC(N)=O)NC(=O)OC(C)(C)C)C(C(=O)NCCCC)c1cccc(C)c1. The summed E-state index contributed by atoms with van der Waals surface area (Å²) in [5, 5.41) is 5.50. The highest BCUT2D eigenvalue weighted by Gasteiger charge is 2.36. The van der Waals surface area contributed by atoms with E-state index >= 15 is 0 Å². The average Bonchev–Trinajstić information content (AvgIpc) is 2.83. The summed E-state index contributed by atoms with van der Waals surface area (Å²) in [5.41, 5.74) is 6.29. The van der Waals surface area contributed by atoms with Gasteiger partial charge in [0, 0.05) is 13.1 Å². The van der Waals surface area contributed by atoms with E-state index in [0.717, 1.165) is 50.5 Å². The van der Waals surface area contributed by atoms with Crippen LogP contribution in [0.5, 0.6) is 0 Å². The number of hydrogen-bond acceptors (Lipinski definition) is 5. The molecule has 9 nitrogen and oxygen atoms in total. The molecule has 0 aliphatic heterocycles. The zero-order valence-corrected chi connectivity index (χ0v) is 24.8. The molecular weight excluding hydrogens is 496 g/mol. The van der Waals surface area contributed by atoms with Gasteiger partial charge in [0.2, 0.25) is 17.7 Å². The maximum Gasteiger partial charge on any atom is 0.408 e. The summed E-state index contributed by atoms with van der Waals surface area (Å²) in [7, 11) is 0. The molecule has 4 amide bonds. The third-order valence-corrected chi connectivity index (χ3v) is 6.18. The van der Waals surface area contributed by atoms with Gasteiger partial charge in [0.25, 0.3) is 0 Å². The molecule has 220 valence electrons. The Labute approximate surface area is 234 Å². The molecule has 2 atom stereocenters. The van der Waals surface area contributed by atoms with Crippen LogP contribution in [0.3, 0.4) is 0 Å². The van der Waals surface area contributed by atoms with Gasteiger partial charge >= 0.3 is 6.09 Å². The average molecular weight is 547 g/mol. The lowest BCUT2D eigenvalue weighted by Gasteiger charge is -2.34. The van der Waals surface area contributed by atoms with E-state index in [1.54, 1.807) is 20.8 Å². The first-order valence-corrected chi connectivity index (χ1v) is 14.3. The lowest BCUT2D eigenvalue weighted by molar-refractivity contribution is -0.143. The van der Waals surface area contributed by atoms with Crippen LogP contribution in [0, 0.1) is 6.92 Å². The van der Waals surface area contributed by atoms with Crippen molar-refractivity contribution in [2.24, 2.45) is 5.73 Å². The van der Waals surface area contributed by atoms with Crippen LogP contribution in [0.25, 0.3) is 0 Å². The fourth-order valence-corrected chi connectivity index (χ4v) is 4.28. The van der Waals surface area contributed by atoms with Gasteiger partial charge in [0.05, 0.1) is 6.42 Å². The van der Waals surface area contributed by atoms with Gasteiger partial charge in [-0.05, 0) is 46.1 Å². The van der Waals surface area contributed by atoms with E-state index in [9.17, 15) is 19.2 Å². The number of primary amides is 1. The predicted molar refractivity (Wildman–Crippen MR) is 154 cm³/mol. The Kier molecular flexibility index (Phi) is 15.2. The molecule has 0 bridgehead atoms. The Balaban J connectivity index is 3.41. The van der Waals surface area contributed by atoms with Crippen LogP contribution >= 0.6 is 0 Å². The quantitative estimate of drug-likeness (QED) is 0.239. The van der Waals surface area contributed by atoms with E-state index in [1.165, 1.54) is 4.90 Å². The highest BCUT2D eigenvalue weighted by molar-refractivity contribution is 5.94. The molecule has 0 radical (unpaired) electrons. The molecule has 0 heterocycles. The monoisotopic (exact) mass is 546 g/mol. The fourth-order valence-electron chi connectivity index (χ4n) is 4.28. The van der Waals surface area contributed by atoms with Gasteiger partial charge in [-0.3, -0.25) is 14.4 Å². The molecular formula is C30H50N4O5. The van der Waals surface area contributed by atoms with Crippen LogP contribution < -0.4 is 16.4 Å². The van der Waals surface area contributed by atoms with Crippen molar-refractivity contribution < 1.29 is 23.9 Å². The molecule has 1 aromatic rings.